The van der Waals surface area contributed by atoms with E-state index in [0.717, 1.165) is 12.1 Å². The number of likely N-dealkylation sites (N-methyl/N-ethyl adjacent to an activating group) is 1. The highest BCUT2D eigenvalue weighted by molar-refractivity contribution is 7.92. The second-order valence-corrected chi connectivity index (χ2v) is 8.35. The maximum absolute atomic E-state index is 12.0. The summed E-state index contributed by atoms with van der Waals surface area (Å²) in [4.78, 5) is 0. The van der Waals surface area contributed by atoms with Crippen molar-refractivity contribution in [3.8, 4) is 0 Å². The van der Waals surface area contributed by atoms with E-state index in [0.29, 0.717) is 11.4 Å². The van der Waals surface area contributed by atoms with Crippen LogP contribution in [0.15, 0.2) is 24.3 Å². The quantitative estimate of drug-likeness (QED) is 0.879. The standard InChI is InChI=1S/C14H22ClNO2S/c1-5-16-13(14(2,3)19(4,17)18)10-11-7-6-8-12(15)9-11/h6-9,13,16H,5,10H2,1-4H3. The molecule has 0 radical (unpaired) electrons. The van der Waals surface area contributed by atoms with E-state index in [1.807, 2.05) is 31.2 Å². The van der Waals surface area contributed by atoms with E-state index in [1.54, 1.807) is 13.8 Å². The van der Waals surface area contributed by atoms with Gasteiger partial charge in [0.1, 0.15) is 0 Å². The molecule has 0 aliphatic carbocycles. The van der Waals surface area contributed by atoms with Gasteiger partial charge in [-0.05, 0) is 44.5 Å². The topological polar surface area (TPSA) is 46.2 Å². The molecule has 0 aliphatic rings. The van der Waals surface area contributed by atoms with Gasteiger partial charge in [-0.15, -0.1) is 0 Å². The Bertz CT molecular complexity index is 526. The minimum absolute atomic E-state index is 0.147. The lowest BCUT2D eigenvalue weighted by Gasteiger charge is -2.33. The number of rotatable bonds is 6. The average molecular weight is 304 g/mol. The summed E-state index contributed by atoms with van der Waals surface area (Å²) in [5.41, 5.74) is 1.04. The summed E-state index contributed by atoms with van der Waals surface area (Å²) >= 11 is 5.97. The van der Waals surface area contributed by atoms with Crippen LogP contribution in [0.4, 0.5) is 0 Å². The van der Waals surface area contributed by atoms with Gasteiger partial charge in [-0.3, -0.25) is 0 Å². The third kappa shape index (κ3) is 4.20. The summed E-state index contributed by atoms with van der Waals surface area (Å²) < 4.78 is 23.1. The molecule has 1 N–H and O–H groups in total. The van der Waals surface area contributed by atoms with Gasteiger partial charge in [-0.25, -0.2) is 8.42 Å². The molecule has 0 saturated carbocycles. The molecule has 0 amide bonds. The zero-order chi connectivity index (χ0) is 14.7. The zero-order valence-corrected chi connectivity index (χ0v) is 13.5. The van der Waals surface area contributed by atoms with E-state index >= 15 is 0 Å². The smallest absolute Gasteiger partial charge is 0.154 e. The van der Waals surface area contributed by atoms with Crippen molar-refractivity contribution in [3.05, 3.63) is 34.9 Å². The SMILES string of the molecule is CCNC(Cc1cccc(Cl)c1)C(C)(C)S(C)(=O)=O. The molecule has 19 heavy (non-hydrogen) atoms. The minimum atomic E-state index is -3.15. The van der Waals surface area contributed by atoms with Crippen LogP contribution in [0.2, 0.25) is 5.02 Å². The fourth-order valence-corrected chi connectivity index (χ4v) is 2.86. The Morgan fingerprint density at radius 1 is 1.37 bits per heavy atom. The van der Waals surface area contributed by atoms with E-state index in [-0.39, 0.29) is 6.04 Å². The summed E-state index contributed by atoms with van der Waals surface area (Å²) in [5, 5.41) is 3.95. The van der Waals surface area contributed by atoms with E-state index in [4.69, 9.17) is 11.6 Å². The lowest BCUT2D eigenvalue weighted by molar-refractivity contribution is 0.413. The Morgan fingerprint density at radius 3 is 2.47 bits per heavy atom. The monoisotopic (exact) mass is 303 g/mol. The summed E-state index contributed by atoms with van der Waals surface area (Å²) in [5.74, 6) is 0. The Balaban J connectivity index is 3.02. The molecule has 3 nitrogen and oxygen atoms in total. The summed E-state index contributed by atoms with van der Waals surface area (Å²) in [7, 11) is -3.15. The largest absolute Gasteiger partial charge is 0.312 e. The number of benzene rings is 1. The molecule has 1 aromatic rings. The molecule has 0 heterocycles. The Morgan fingerprint density at radius 2 is 2.00 bits per heavy atom. The van der Waals surface area contributed by atoms with Crippen LogP contribution in [-0.4, -0.2) is 32.0 Å². The number of hydrogen-bond donors (Lipinski definition) is 1. The van der Waals surface area contributed by atoms with Crippen LogP contribution in [0.1, 0.15) is 26.3 Å². The van der Waals surface area contributed by atoms with E-state index in [9.17, 15) is 8.42 Å². The van der Waals surface area contributed by atoms with Gasteiger partial charge in [0.15, 0.2) is 9.84 Å². The zero-order valence-electron chi connectivity index (χ0n) is 11.9. The summed E-state index contributed by atoms with van der Waals surface area (Å²) in [6.07, 6.45) is 1.92. The molecule has 1 aromatic carbocycles. The van der Waals surface area contributed by atoms with Gasteiger partial charge < -0.3 is 5.32 Å². The Labute approximate surface area is 121 Å². The lowest BCUT2D eigenvalue weighted by atomic mass is 9.95. The maximum atomic E-state index is 12.0. The minimum Gasteiger partial charge on any atom is -0.312 e. The van der Waals surface area contributed by atoms with Gasteiger partial charge in [-0.1, -0.05) is 30.7 Å². The predicted molar refractivity (Wildman–Crippen MR) is 81.5 cm³/mol. The molecule has 1 rings (SSSR count). The van der Waals surface area contributed by atoms with Crippen molar-refractivity contribution in [2.75, 3.05) is 12.8 Å². The summed E-state index contributed by atoms with van der Waals surface area (Å²) in [6, 6.07) is 7.40. The molecule has 0 fully saturated rings. The number of hydrogen-bond acceptors (Lipinski definition) is 3. The predicted octanol–water partition coefficient (Wildman–Crippen LogP) is 2.68. The van der Waals surface area contributed by atoms with Crippen molar-refractivity contribution in [1.29, 1.82) is 0 Å². The molecule has 0 aliphatic heterocycles. The second-order valence-electron chi connectivity index (χ2n) is 5.32. The molecule has 108 valence electrons. The van der Waals surface area contributed by atoms with Crippen molar-refractivity contribution in [2.24, 2.45) is 0 Å². The van der Waals surface area contributed by atoms with Crippen molar-refractivity contribution >= 4 is 21.4 Å². The van der Waals surface area contributed by atoms with Crippen LogP contribution in [0, 0.1) is 0 Å². The van der Waals surface area contributed by atoms with Gasteiger partial charge in [-0.2, -0.15) is 0 Å². The second kappa shape index (κ2) is 6.25. The van der Waals surface area contributed by atoms with Crippen molar-refractivity contribution < 1.29 is 8.42 Å². The first-order valence-electron chi connectivity index (χ1n) is 6.36. The van der Waals surface area contributed by atoms with Gasteiger partial charge in [0.2, 0.25) is 0 Å². The Hall–Kier alpha value is -0.580. The average Bonchev–Trinajstić information content (AvgIpc) is 2.27. The van der Waals surface area contributed by atoms with Crippen molar-refractivity contribution in [1.82, 2.24) is 5.32 Å². The summed E-state index contributed by atoms with van der Waals surface area (Å²) in [6.45, 7) is 6.23. The fourth-order valence-electron chi connectivity index (χ4n) is 1.97. The third-order valence-corrected chi connectivity index (χ3v) is 6.01. The first-order valence-corrected chi connectivity index (χ1v) is 8.63. The maximum Gasteiger partial charge on any atom is 0.154 e. The van der Waals surface area contributed by atoms with Crippen LogP contribution in [0.25, 0.3) is 0 Å². The van der Waals surface area contributed by atoms with E-state index in [2.05, 4.69) is 5.32 Å². The fraction of sp³-hybridized carbons (Fsp3) is 0.571. The highest BCUT2D eigenvalue weighted by Gasteiger charge is 2.38. The highest BCUT2D eigenvalue weighted by Crippen LogP contribution is 2.24. The van der Waals surface area contributed by atoms with Crippen LogP contribution in [0.3, 0.4) is 0 Å². The van der Waals surface area contributed by atoms with Gasteiger partial charge >= 0.3 is 0 Å². The van der Waals surface area contributed by atoms with Gasteiger partial charge in [0.25, 0.3) is 0 Å². The molecule has 0 aromatic heterocycles. The van der Waals surface area contributed by atoms with Gasteiger partial charge in [0.05, 0.1) is 4.75 Å². The first kappa shape index (κ1) is 16.5. The molecule has 0 saturated heterocycles. The molecule has 5 heteroatoms. The molecule has 0 bridgehead atoms. The van der Waals surface area contributed by atoms with E-state index in [1.165, 1.54) is 6.26 Å². The van der Waals surface area contributed by atoms with Gasteiger partial charge in [0, 0.05) is 17.3 Å². The number of sulfone groups is 1. The highest BCUT2D eigenvalue weighted by atomic mass is 35.5. The van der Waals surface area contributed by atoms with Crippen LogP contribution < -0.4 is 5.32 Å². The van der Waals surface area contributed by atoms with Crippen molar-refractivity contribution in [2.45, 2.75) is 38.0 Å². The molecule has 1 atom stereocenters. The van der Waals surface area contributed by atoms with Crippen LogP contribution >= 0.6 is 11.6 Å². The normalized spacial score (nSPS) is 14.4. The number of nitrogens with one attached hydrogen (secondary N) is 1. The third-order valence-electron chi connectivity index (χ3n) is 3.57. The molecule has 0 spiro atoms. The van der Waals surface area contributed by atoms with Crippen LogP contribution in [-0.2, 0) is 16.3 Å². The van der Waals surface area contributed by atoms with Crippen LogP contribution in [0.5, 0.6) is 0 Å². The molecular weight excluding hydrogens is 282 g/mol. The Kier molecular flexibility index (Phi) is 5.42. The lowest BCUT2D eigenvalue weighted by Crippen LogP contribution is -2.52. The number of halogens is 1. The first-order chi connectivity index (χ1) is 8.68. The van der Waals surface area contributed by atoms with E-state index < -0.39 is 14.6 Å². The van der Waals surface area contributed by atoms with Crippen molar-refractivity contribution in [3.63, 3.8) is 0 Å². The molecule has 1 unspecified atom stereocenters. The molecular formula is C14H22ClNO2S.